The van der Waals surface area contributed by atoms with Gasteiger partial charge in [-0.25, -0.2) is 18.4 Å². The second-order valence-corrected chi connectivity index (χ2v) is 9.13. The summed E-state index contributed by atoms with van der Waals surface area (Å²) in [7, 11) is 3.30. The maximum atomic E-state index is 13.1. The number of aliphatic hydroxyl groups is 1. The molecule has 1 aromatic carbocycles. The quantitative estimate of drug-likeness (QED) is 0.348. The Morgan fingerprint density at radius 2 is 2.08 bits per heavy atom. The van der Waals surface area contributed by atoms with Gasteiger partial charge in [-0.2, -0.15) is 10.1 Å². The van der Waals surface area contributed by atoms with Crippen LogP contribution in [-0.2, 0) is 18.3 Å². The van der Waals surface area contributed by atoms with Crippen molar-refractivity contribution in [2.24, 2.45) is 7.05 Å². The highest BCUT2D eigenvalue weighted by Crippen LogP contribution is 2.27. The Morgan fingerprint density at radius 3 is 2.81 bits per heavy atom. The largest absolute Gasteiger partial charge is 0.389 e. The molecule has 10 nitrogen and oxygen atoms in total. The number of nitrogens with zero attached hydrogens (tertiary/aromatic N) is 6. The van der Waals surface area contributed by atoms with Crippen molar-refractivity contribution >= 4 is 28.3 Å². The number of likely N-dealkylation sites (tertiary alicyclic amines) is 1. The first-order valence-electron chi connectivity index (χ1n) is 11.7. The van der Waals surface area contributed by atoms with Crippen LogP contribution in [0.5, 0.6) is 0 Å². The molecule has 12 heteroatoms. The van der Waals surface area contributed by atoms with Gasteiger partial charge in [0.2, 0.25) is 11.7 Å². The molecule has 1 aliphatic rings. The Morgan fingerprint density at radius 1 is 1.27 bits per heavy atom. The fourth-order valence-electron chi connectivity index (χ4n) is 4.65. The van der Waals surface area contributed by atoms with Crippen LogP contribution in [0.3, 0.4) is 0 Å². The SMILES string of the molecule is CO[C@@H]1CN(Cc2cn(-c3ccnc(Nc4ccc5c(c4)c(C(=O)C(F)F)cn5C)n3)nc2C)C[C@H]1O. The number of carbonyl (C=O) groups is 1. The number of ether oxygens (including phenoxy) is 1. The van der Waals surface area contributed by atoms with E-state index in [2.05, 4.69) is 25.3 Å². The number of halogens is 2. The van der Waals surface area contributed by atoms with E-state index in [1.54, 1.807) is 53.9 Å². The number of ketones is 1. The minimum atomic E-state index is -3.08. The Kier molecular flexibility index (Phi) is 6.71. The first-order chi connectivity index (χ1) is 17.7. The van der Waals surface area contributed by atoms with Crippen LogP contribution in [0.2, 0.25) is 0 Å². The maximum Gasteiger partial charge on any atom is 0.300 e. The molecule has 3 aromatic heterocycles. The van der Waals surface area contributed by atoms with Gasteiger partial charge in [0.25, 0.3) is 0 Å². The number of alkyl halides is 2. The molecule has 1 saturated heterocycles. The highest BCUT2D eigenvalue weighted by atomic mass is 19.3. The smallest absolute Gasteiger partial charge is 0.300 e. The van der Waals surface area contributed by atoms with Gasteiger partial charge in [-0.05, 0) is 25.1 Å². The lowest BCUT2D eigenvalue weighted by Crippen LogP contribution is -2.25. The lowest BCUT2D eigenvalue weighted by atomic mass is 10.1. The zero-order chi connectivity index (χ0) is 26.3. The van der Waals surface area contributed by atoms with Crippen LogP contribution in [0.15, 0.2) is 42.9 Å². The van der Waals surface area contributed by atoms with Gasteiger partial charge in [-0.1, -0.05) is 0 Å². The fraction of sp³-hybridized carbons (Fsp3) is 0.360. The molecule has 37 heavy (non-hydrogen) atoms. The van der Waals surface area contributed by atoms with Crippen molar-refractivity contribution in [2.45, 2.75) is 32.1 Å². The normalized spacial score (nSPS) is 18.2. The summed E-state index contributed by atoms with van der Waals surface area (Å²) in [6, 6.07) is 6.87. The first-order valence-corrected chi connectivity index (χ1v) is 11.7. The van der Waals surface area contributed by atoms with Gasteiger partial charge in [0.1, 0.15) is 0 Å². The number of aryl methyl sites for hydroxylation is 2. The highest BCUT2D eigenvalue weighted by molar-refractivity contribution is 6.10. The minimum Gasteiger partial charge on any atom is -0.389 e. The lowest BCUT2D eigenvalue weighted by molar-refractivity contribution is 0.0215. The van der Waals surface area contributed by atoms with E-state index < -0.39 is 18.3 Å². The number of aliphatic hydroxyl groups excluding tert-OH is 1. The molecule has 0 spiro atoms. The Hall–Kier alpha value is -3.74. The number of hydrogen-bond acceptors (Lipinski definition) is 8. The van der Waals surface area contributed by atoms with Gasteiger partial charge in [-0.3, -0.25) is 9.69 Å². The van der Waals surface area contributed by atoms with Gasteiger partial charge < -0.3 is 19.7 Å². The number of β-amino-alcohol motifs (C(OH)–C–C–N with tert-alkyl or cyclic N) is 1. The zero-order valence-electron chi connectivity index (χ0n) is 20.6. The maximum absolute atomic E-state index is 13.1. The van der Waals surface area contributed by atoms with E-state index in [0.29, 0.717) is 42.0 Å². The summed E-state index contributed by atoms with van der Waals surface area (Å²) in [5.74, 6) is -0.390. The van der Waals surface area contributed by atoms with Crippen LogP contribution >= 0.6 is 0 Å². The fourth-order valence-corrected chi connectivity index (χ4v) is 4.65. The predicted molar refractivity (Wildman–Crippen MR) is 133 cm³/mol. The molecule has 1 aliphatic heterocycles. The molecule has 0 aliphatic carbocycles. The van der Waals surface area contributed by atoms with E-state index in [1.165, 1.54) is 6.20 Å². The Bertz CT molecular complexity index is 1450. The van der Waals surface area contributed by atoms with Crippen LogP contribution < -0.4 is 5.32 Å². The van der Waals surface area contributed by atoms with E-state index in [9.17, 15) is 18.7 Å². The topological polar surface area (TPSA) is 110 Å². The highest BCUT2D eigenvalue weighted by Gasteiger charge is 2.31. The number of benzene rings is 1. The molecule has 2 N–H and O–H groups in total. The molecule has 0 radical (unpaired) electrons. The summed E-state index contributed by atoms with van der Waals surface area (Å²) in [4.78, 5) is 22.9. The summed E-state index contributed by atoms with van der Waals surface area (Å²) in [6.07, 6.45) is 1.10. The van der Waals surface area contributed by atoms with Gasteiger partial charge in [0.05, 0.1) is 17.9 Å². The standard InChI is InChI=1S/C25H27F2N7O3/c1-14-15(9-33-12-20(35)21(13-33)37-3)10-34(31-14)22-6-7-28-25(30-22)29-16-4-5-19-17(8-16)18(11-32(19)2)23(36)24(26)27/h4-8,10-11,20-21,24,35H,9,12-13H2,1-3H3,(H,28,29,30)/t20-,21-/m1/s1. The summed E-state index contributed by atoms with van der Waals surface area (Å²) in [6.45, 7) is 3.71. The van der Waals surface area contributed by atoms with E-state index in [-0.39, 0.29) is 17.6 Å². The molecule has 5 rings (SSSR count). The average molecular weight is 512 g/mol. The number of nitrogens with one attached hydrogen (secondary N) is 1. The van der Waals surface area contributed by atoms with Crippen LogP contribution in [-0.4, -0.2) is 78.9 Å². The van der Waals surface area contributed by atoms with Crippen molar-refractivity contribution < 1.29 is 23.4 Å². The number of aromatic nitrogens is 5. The number of hydrogen-bond donors (Lipinski definition) is 2. The van der Waals surface area contributed by atoms with E-state index >= 15 is 0 Å². The summed E-state index contributed by atoms with van der Waals surface area (Å²) in [5.41, 5.74) is 3.02. The predicted octanol–water partition coefficient (Wildman–Crippen LogP) is 2.85. The van der Waals surface area contributed by atoms with Crippen molar-refractivity contribution in [3.8, 4) is 5.82 Å². The molecule has 0 amide bonds. The monoisotopic (exact) mass is 511 g/mol. The van der Waals surface area contributed by atoms with Crippen molar-refractivity contribution in [1.29, 1.82) is 0 Å². The van der Waals surface area contributed by atoms with E-state index in [0.717, 1.165) is 11.3 Å². The third-order valence-corrected chi connectivity index (χ3v) is 6.59. The van der Waals surface area contributed by atoms with Gasteiger partial charge in [0, 0.05) is 86.2 Å². The number of Topliss-reactive ketones (excluding diaryl/α,β-unsaturated/α-hetero) is 1. The van der Waals surface area contributed by atoms with Gasteiger partial charge >= 0.3 is 6.43 Å². The van der Waals surface area contributed by atoms with Crippen molar-refractivity contribution in [3.63, 3.8) is 0 Å². The molecule has 194 valence electrons. The molecular weight excluding hydrogens is 484 g/mol. The molecule has 0 unspecified atom stereocenters. The Labute approximate surface area is 211 Å². The zero-order valence-corrected chi connectivity index (χ0v) is 20.6. The molecule has 2 atom stereocenters. The minimum absolute atomic E-state index is 0.0345. The number of methoxy groups -OCH3 is 1. The number of anilines is 2. The lowest BCUT2D eigenvalue weighted by Gasteiger charge is -2.14. The van der Waals surface area contributed by atoms with Crippen molar-refractivity contribution in [2.75, 3.05) is 25.5 Å². The molecule has 0 bridgehead atoms. The van der Waals surface area contributed by atoms with Crippen LogP contribution in [0.25, 0.3) is 16.7 Å². The number of fused-ring (bicyclic) bond motifs is 1. The first kappa shape index (κ1) is 24.9. The van der Waals surface area contributed by atoms with Crippen LogP contribution in [0, 0.1) is 6.92 Å². The molecular formula is C25H27F2N7O3. The summed E-state index contributed by atoms with van der Waals surface area (Å²) in [5, 5.41) is 18.2. The third kappa shape index (κ3) is 4.95. The second kappa shape index (κ2) is 9.96. The second-order valence-electron chi connectivity index (χ2n) is 9.13. The third-order valence-electron chi connectivity index (χ3n) is 6.59. The van der Waals surface area contributed by atoms with Crippen molar-refractivity contribution in [3.05, 3.63) is 59.7 Å². The molecule has 0 saturated carbocycles. The molecule has 4 aromatic rings. The summed E-state index contributed by atoms with van der Waals surface area (Å²) >= 11 is 0. The van der Waals surface area contributed by atoms with Gasteiger partial charge in [-0.15, -0.1) is 0 Å². The average Bonchev–Trinajstić information content (AvgIpc) is 3.53. The van der Waals surface area contributed by atoms with Crippen LogP contribution in [0.1, 0.15) is 21.6 Å². The number of rotatable bonds is 8. The van der Waals surface area contributed by atoms with E-state index in [1.807, 2.05) is 13.1 Å². The number of carbonyl (C=O) groups excluding carboxylic acids is 1. The molecule has 1 fully saturated rings. The van der Waals surface area contributed by atoms with E-state index in [4.69, 9.17) is 4.74 Å². The van der Waals surface area contributed by atoms with Crippen molar-refractivity contribution in [1.82, 2.24) is 29.2 Å². The van der Waals surface area contributed by atoms with Gasteiger partial charge in [0.15, 0.2) is 5.82 Å². The molecule has 4 heterocycles. The summed E-state index contributed by atoms with van der Waals surface area (Å²) < 4.78 is 34.8. The van der Waals surface area contributed by atoms with Crippen LogP contribution in [0.4, 0.5) is 20.4 Å². The Balaban J connectivity index is 1.36.